The Balaban J connectivity index is 2.27. The molecule has 1 aromatic heterocycles. The Morgan fingerprint density at radius 2 is 2.14 bits per heavy atom. The van der Waals surface area contributed by atoms with Crippen molar-refractivity contribution in [2.24, 2.45) is 12.8 Å². The number of nitrogens with two attached hydrogens (primary N) is 1. The van der Waals surface area contributed by atoms with Crippen LogP contribution in [0.1, 0.15) is 42.1 Å². The van der Waals surface area contributed by atoms with Gasteiger partial charge in [0.2, 0.25) is 5.88 Å². The molecule has 6 nitrogen and oxygen atoms in total. The summed E-state index contributed by atoms with van der Waals surface area (Å²) in [5, 5.41) is 13.9. The van der Waals surface area contributed by atoms with E-state index in [1.54, 1.807) is 4.68 Å². The Bertz CT molecular complexity index is 777. The quantitative estimate of drug-likeness (QED) is 0.854. The molecule has 0 spiro atoms. The van der Waals surface area contributed by atoms with Gasteiger partial charge in [-0.2, -0.15) is 10.4 Å². The zero-order chi connectivity index (χ0) is 16.0. The Labute approximate surface area is 128 Å². The molecule has 0 saturated heterocycles. The summed E-state index contributed by atoms with van der Waals surface area (Å²) >= 11 is 0. The highest BCUT2D eigenvalue weighted by atomic mass is 16.5. The van der Waals surface area contributed by atoms with E-state index in [1.807, 2.05) is 20.9 Å². The maximum atomic E-state index is 12.5. The maximum absolute atomic E-state index is 12.5. The molecule has 0 aromatic carbocycles. The third-order valence-electron chi connectivity index (χ3n) is 4.46. The summed E-state index contributed by atoms with van der Waals surface area (Å²) in [5.41, 5.74) is 9.43. The third kappa shape index (κ3) is 1.93. The van der Waals surface area contributed by atoms with Gasteiger partial charge in [-0.05, 0) is 20.3 Å². The smallest absolute Gasteiger partial charge is 0.205 e. The summed E-state index contributed by atoms with van der Waals surface area (Å²) in [6, 6.07) is 2.13. The van der Waals surface area contributed by atoms with E-state index in [9.17, 15) is 10.1 Å². The third-order valence-corrected chi connectivity index (χ3v) is 4.46. The molecule has 0 unspecified atom stereocenters. The molecule has 0 saturated carbocycles. The molecule has 0 radical (unpaired) electrons. The van der Waals surface area contributed by atoms with Crippen molar-refractivity contribution in [1.29, 1.82) is 5.26 Å². The first kappa shape index (κ1) is 14.4. The fraction of sp³-hybridized carbons (Fsp3) is 0.438. The lowest BCUT2D eigenvalue weighted by atomic mass is 9.77. The predicted molar refractivity (Wildman–Crippen MR) is 79.2 cm³/mol. The topological polar surface area (TPSA) is 93.9 Å². The number of nitrogens with zero attached hydrogens (tertiary/aromatic N) is 3. The number of hydrogen-bond acceptors (Lipinski definition) is 5. The zero-order valence-electron chi connectivity index (χ0n) is 12.9. The summed E-state index contributed by atoms with van der Waals surface area (Å²) in [6.07, 6.45) is 1.91. The van der Waals surface area contributed by atoms with E-state index >= 15 is 0 Å². The molecular weight excluding hydrogens is 280 g/mol. The van der Waals surface area contributed by atoms with E-state index in [0.717, 1.165) is 23.4 Å². The number of ether oxygens (including phenoxy) is 1. The molecule has 3 rings (SSSR count). The Kier molecular flexibility index (Phi) is 3.28. The first-order valence-electron chi connectivity index (χ1n) is 7.29. The molecular formula is C16H18N4O2. The Morgan fingerprint density at radius 1 is 1.41 bits per heavy atom. The van der Waals surface area contributed by atoms with Crippen molar-refractivity contribution >= 4 is 5.78 Å². The summed E-state index contributed by atoms with van der Waals surface area (Å²) in [4.78, 5) is 12.5. The fourth-order valence-electron chi connectivity index (χ4n) is 3.35. The number of Topliss-reactive ketones (excluding diaryl/α,β-unsaturated/α-hetero) is 1. The molecule has 0 bridgehead atoms. The van der Waals surface area contributed by atoms with Crippen LogP contribution in [0.5, 0.6) is 0 Å². The standard InChI is InChI=1S/C16H18N4O2/c1-8-13(9(2)20(3)19-8)14-10(7-17)16(18)22-12-6-4-5-11(21)15(12)14/h14H,4-6,18H2,1-3H3/t14-/m1/s1. The number of carbonyl (C=O) groups excluding carboxylic acids is 1. The highest BCUT2D eigenvalue weighted by Gasteiger charge is 2.40. The second-order valence-corrected chi connectivity index (χ2v) is 5.75. The van der Waals surface area contributed by atoms with Gasteiger partial charge in [0, 0.05) is 36.7 Å². The molecule has 2 aliphatic rings. The van der Waals surface area contributed by atoms with E-state index in [2.05, 4.69) is 11.2 Å². The zero-order valence-corrected chi connectivity index (χ0v) is 12.9. The lowest BCUT2D eigenvalue weighted by molar-refractivity contribution is -0.116. The van der Waals surface area contributed by atoms with E-state index in [1.165, 1.54) is 0 Å². The highest BCUT2D eigenvalue weighted by molar-refractivity contribution is 5.99. The predicted octanol–water partition coefficient (Wildman–Crippen LogP) is 1.85. The van der Waals surface area contributed by atoms with Crippen LogP contribution in [0.15, 0.2) is 22.8 Å². The monoisotopic (exact) mass is 298 g/mol. The van der Waals surface area contributed by atoms with Crippen molar-refractivity contribution in [2.45, 2.75) is 39.0 Å². The molecule has 0 fully saturated rings. The minimum Gasteiger partial charge on any atom is -0.444 e. The summed E-state index contributed by atoms with van der Waals surface area (Å²) < 4.78 is 7.33. The number of hydrogen-bond donors (Lipinski definition) is 1. The number of nitriles is 1. The summed E-state index contributed by atoms with van der Waals surface area (Å²) in [6.45, 7) is 3.82. The van der Waals surface area contributed by atoms with Crippen LogP contribution in [-0.2, 0) is 16.6 Å². The van der Waals surface area contributed by atoms with Crippen LogP contribution >= 0.6 is 0 Å². The number of aromatic nitrogens is 2. The minimum absolute atomic E-state index is 0.0363. The van der Waals surface area contributed by atoms with Crippen molar-refractivity contribution in [2.75, 3.05) is 0 Å². The van der Waals surface area contributed by atoms with Crippen molar-refractivity contribution in [3.05, 3.63) is 39.7 Å². The molecule has 114 valence electrons. The summed E-state index contributed by atoms with van der Waals surface area (Å²) in [7, 11) is 1.85. The lowest BCUT2D eigenvalue weighted by Crippen LogP contribution is -2.28. The van der Waals surface area contributed by atoms with Gasteiger partial charge in [0.1, 0.15) is 17.4 Å². The average molecular weight is 298 g/mol. The Morgan fingerprint density at radius 3 is 2.73 bits per heavy atom. The van der Waals surface area contributed by atoms with Crippen LogP contribution in [0.2, 0.25) is 0 Å². The van der Waals surface area contributed by atoms with Gasteiger partial charge >= 0.3 is 0 Å². The molecule has 6 heteroatoms. The number of aryl methyl sites for hydroxylation is 2. The van der Waals surface area contributed by atoms with Crippen LogP contribution in [-0.4, -0.2) is 15.6 Å². The fourth-order valence-corrected chi connectivity index (χ4v) is 3.35. The van der Waals surface area contributed by atoms with Crippen molar-refractivity contribution in [3.8, 4) is 6.07 Å². The van der Waals surface area contributed by atoms with E-state index in [-0.39, 0.29) is 11.7 Å². The molecule has 0 amide bonds. The second kappa shape index (κ2) is 5.02. The van der Waals surface area contributed by atoms with Gasteiger partial charge in [0.25, 0.3) is 0 Å². The van der Waals surface area contributed by atoms with Gasteiger partial charge in [0.15, 0.2) is 5.78 Å². The average Bonchev–Trinajstić information content (AvgIpc) is 2.71. The SMILES string of the molecule is Cc1nn(C)c(C)c1[C@H]1C(C#N)=C(N)OC2=C1C(=O)CCC2. The van der Waals surface area contributed by atoms with Crippen LogP contribution in [0.4, 0.5) is 0 Å². The highest BCUT2D eigenvalue weighted by Crippen LogP contribution is 2.44. The van der Waals surface area contributed by atoms with Crippen LogP contribution in [0.25, 0.3) is 0 Å². The first-order valence-corrected chi connectivity index (χ1v) is 7.29. The van der Waals surface area contributed by atoms with Gasteiger partial charge in [-0.1, -0.05) is 0 Å². The molecule has 1 atom stereocenters. The van der Waals surface area contributed by atoms with Gasteiger partial charge < -0.3 is 10.5 Å². The molecule has 1 aromatic rings. The first-order chi connectivity index (χ1) is 10.5. The van der Waals surface area contributed by atoms with Crippen LogP contribution in [0, 0.1) is 25.2 Å². The number of allylic oxidation sites excluding steroid dienone is 3. The summed E-state index contributed by atoms with van der Waals surface area (Å²) in [5.74, 6) is 0.286. The van der Waals surface area contributed by atoms with Crippen molar-refractivity contribution in [1.82, 2.24) is 9.78 Å². The van der Waals surface area contributed by atoms with E-state index in [4.69, 9.17) is 10.5 Å². The minimum atomic E-state index is -0.463. The molecule has 2 N–H and O–H groups in total. The van der Waals surface area contributed by atoms with Crippen molar-refractivity contribution in [3.63, 3.8) is 0 Å². The van der Waals surface area contributed by atoms with Crippen LogP contribution in [0.3, 0.4) is 0 Å². The largest absolute Gasteiger partial charge is 0.444 e. The number of rotatable bonds is 1. The van der Waals surface area contributed by atoms with Gasteiger partial charge in [0.05, 0.1) is 11.6 Å². The normalized spacial score (nSPS) is 21.5. The maximum Gasteiger partial charge on any atom is 0.205 e. The van der Waals surface area contributed by atoms with Gasteiger partial charge in [-0.3, -0.25) is 9.48 Å². The number of ketones is 1. The lowest BCUT2D eigenvalue weighted by Gasteiger charge is -2.31. The van der Waals surface area contributed by atoms with E-state index in [0.29, 0.717) is 29.7 Å². The molecule has 1 aliphatic carbocycles. The van der Waals surface area contributed by atoms with Gasteiger partial charge in [-0.15, -0.1) is 0 Å². The molecule has 22 heavy (non-hydrogen) atoms. The van der Waals surface area contributed by atoms with Crippen molar-refractivity contribution < 1.29 is 9.53 Å². The Hall–Kier alpha value is -2.55. The number of carbonyl (C=O) groups is 1. The van der Waals surface area contributed by atoms with E-state index < -0.39 is 5.92 Å². The second-order valence-electron chi connectivity index (χ2n) is 5.75. The van der Waals surface area contributed by atoms with Gasteiger partial charge in [-0.25, -0.2) is 0 Å². The molecule has 2 heterocycles. The molecule has 1 aliphatic heterocycles. The van der Waals surface area contributed by atoms with Crippen LogP contribution < -0.4 is 5.73 Å².